The summed E-state index contributed by atoms with van der Waals surface area (Å²) in [4.78, 5) is 23.4. The van der Waals surface area contributed by atoms with Crippen molar-refractivity contribution < 1.29 is 19.4 Å². The number of aliphatic carboxylic acids is 1. The molecule has 1 atom stereocenters. The van der Waals surface area contributed by atoms with E-state index < -0.39 is 5.97 Å². The van der Waals surface area contributed by atoms with Gasteiger partial charge in [-0.15, -0.1) is 0 Å². The molecule has 0 heterocycles. The Kier molecular flexibility index (Phi) is 37.1. The van der Waals surface area contributed by atoms with E-state index in [0.29, 0.717) is 6.42 Å². The first kappa shape index (κ1) is 45.2. The van der Waals surface area contributed by atoms with Crippen molar-refractivity contribution in [3.05, 3.63) is 36.5 Å². The minimum absolute atomic E-state index is 0.00859. The first-order chi connectivity index (χ1) is 23.1. The Balaban J connectivity index is 3.99. The van der Waals surface area contributed by atoms with E-state index >= 15 is 0 Å². The van der Waals surface area contributed by atoms with Crippen LogP contribution in [0, 0.1) is 0 Å². The molecule has 0 saturated carbocycles. The van der Waals surface area contributed by atoms with Crippen LogP contribution >= 0.6 is 0 Å². The van der Waals surface area contributed by atoms with Crippen LogP contribution < -0.4 is 0 Å². The zero-order valence-corrected chi connectivity index (χ0v) is 31.3. The van der Waals surface area contributed by atoms with E-state index in [1.54, 1.807) is 0 Å². The van der Waals surface area contributed by atoms with Gasteiger partial charge in [0.2, 0.25) is 0 Å². The molecule has 0 rings (SSSR count). The average molecular weight is 659 g/mol. The van der Waals surface area contributed by atoms with E-state index in [0.717, 1.165) is 77.0 Å². The molecule has 0 spiro atoms. The molecule has 1 N–H and O–H groups in total. The fraction of sp³-hybridized carbons (Fsp3) is 0.814. The number of ether oxygens (including phenoxy) is 1. The standard InChI is InChI=1S/C43H78O4/c1-3-5-7-9-11-13-15-16-17-18-19-20-21-22-23-25-27-32-36-40-43(46)47-41(38-34-30-28-31-35-39-42(44)45)37-33-29-26-24-14-12-10-8-6-4-2/h11,13,16-17,19-20,41H,3-10,12,14-15,18,21-40H2,1-2H3,(H,44,45)/b13-11-,17-16-,20-19-. The Labute approximate surface area is 292 Å². The molecule has 0 aromatic carbocycles. The van der Waals surface area contributed by atoms with Crippen LogP contribution in [0.5, 0.6) is 0 Å². The number of carboxylic acids is 1. The predicted octanol–water partition coefficient (Wildman–Crippen LogP) is 14.2. The van der Waals surface area contributed by atoms with Crippen LogP contribution in [0.25, 0.3) is 0 Å². The van der Waals surface area contributed by atoms with Crippen LogP contribution in [-0.2, 0) is 14.3 Å². The summed E-state index contributed by atoms with van der Waals surface area (Å²) >= 11 is 0. The quantitative estimate of drug-likeness (QED) is 0.0410. The lowest BCUT2D eigenvalue weighted by atomic mass is 10.0. The summed E-state index contributed by atoms with van der Waals surface area (Å²) in [6, 6.07) is 0. The highest BCUT2D eigenvalue weighted by atomic mass is 16.5. The molecule has 47 heavy (non-hydrogen) atoms. The van der Waals surface area contributed by atoms with Crippen LogP contribution in [0.1, 0.15) is 219 Å². The second kappa shape index (κ2) is 38.6. The van der Waals surface area contributed by atoms with Crippen molar-refractivity contribution in [1.82, 2.24) is 0 Å². The van der Waals surface area contributed by atoms with Gasteiger partial charge < -0.3 is 9.84 Å². The average Bonchev–Trinajstić information content (AvgIpc) is 3.05. The second-order valence-electron chi connectivity index (χ2n) is 13.8. The molecule has 0 fully saturated rings. The predicted molar refractivity (Wildman–Crippen MR) is 204 cm³/mol. The van der Waals surface area contributed by atoms with Gasteiger partial charge in [-0.2, -0.15) is 0 Å². The monoisotopic (exact) mass is 659 g/mol. The lowest BCUT2D eigenvalue weighted by Crippen LogP contribution is -2.18. The summed E-state index contributed by atoms with van der Waals surface area (Å²) < 4.78 is 6.00. The molecule has 0 aliphatic carbocycles. The van der Waals surface area contributed by atoms with Crippen LogP contribution in [0.4, 0.5) is 0 Å². The molecular weight excluding hydrogens is 580 g/mol. The van der Waals surface area contributed by atoms with Crippen molar-refractivity contribution in [3.63, 3.8) is 0 Å². The number of carboxylic acid groups (broad SMARTS) is 1. The zero-order chi connectivity index (χ0) is 34.3. The fourth-order valence-corrected chi connectivity index (χ4v) is 6.07. The maximum Gasteiger partial charge on any atom is 0.306 e. The molecule has 0 aliphatic heterocycles. The van der Waals surface area contributed by atoms with Crippen LogP contribution in [0.3, 0.4) is 0 Å². The van der Waals surface area contributed by atoms with Gasteiger partial charge in [0.1, 0.15) is 6.10 Å². The molecule has 0 bridgehead atoms. The molecule has 0 radical (unpaired) electrons. The lowest BCUT2D eigenvalue weighted by Gasteiger charge is -2.18. The van der Waals surface area contributed by atoms with E-state index in [4.69, 9.17) is 9.84 Å². The highest BCUT2D eigenvalue weighted by Crippen LogP contribution is 2.19. The number of carbonyl (C=O) groups excluding carboxylic acids is 1. The van der Waals surface area contributed by atoms with Gasteiger partial charge in [-0.05, 0) is 77.0 Å². The van der Waals surface area contributed by atoms with E-state index in [1.807, 2.05) is 0 Å². The molecule has 274 valence electrons. The van der Waals surface area contributed by atoms with E-state index in [1.165, 1.54) is 116 Å². The van der Waals surface area contributed by atoms with E-state index in [9.17, 15) is 9.59 Å². The Hall–Kier alpha value is -1.84. The number of hydrogen-bond donors (Lipinski definition) is 1. The van der Waals surface area contributed by atoms with E-state index in [2.05, 4.69) is 50.3 Å². The van der Waals surface area contributed by atoms with Gasteiger partial charge in [0.25, 0.3) is 0 Å². The third-order valence-corrected chi connectivity index (χ3v) is 9.11. The van der Waals surface area contributed by atoms with E-state index in [-0.39, 0.29) is 18.5 Å². The Morgan fingerprint density at radius 3 is 1.32 bits per heavy atom. The van der Waals surface area contributed by atoms with Crippen molar-refractivity contribution >= 4 is 11.9 Å². The molecule has 4 nitrogen and oxygen atoms in total. The highest BCUT2D eigenvalue weighted by molar-refractivity contribution is 5.69. The molecule has 1 unspecified atom stereocenters. The summed E-state index contributed by atoms with van der Waals surface area (Å²) in [6.45, 7) is 4.52. The Morgan fingerprint density at radius 1 is 0.468 bits per heavy atom. The Bertz CT molecular complexity index is 753. The largest absolute Gasteiger partial charge is 0.481 e. The topological polar surface area (TPSA) is 63.6 Å². The molecule has 0 aromatic rings. The summed E-state index contributed by atoms with van der Waals surface area (Å²) in [7, 11) is 0. The van der Waals surface area contributed by atoms with Gasteiger partial charge in [0.15, 0.2) is 0 Å². The number of hydrogen-bond acceptors (Lipinski definition) is 3. The van der Waals surface area contributed by atoms with Gasteiger partial charge in [-0.3, -0.25) is 9.59 Å². The summed E-state index contributed by atoms with van der Waals surface area (Å²) in [5.41, 5.74) is 0. The van der Waals surface area contributed by atoms with Gasteiger partial charge in [0, 0.05) is 12.8 Å². The summed E-state index contributed by atoms with van der Waals surface area (Å²) in [6.07, 6.45) is 50.2. The number of esters is 1. The highest BCUT2D eigenvalue weighted by Gasteiger charge is 2.14. The number of unbranched alkanes of at least 4 members (excludes halogenated alkanes) is 22. The normalized spacial score (nSPS) is 12.6. The first-order valence-corrected chi connectivity index (χ1v) is 20.5. The van der Waals surface area contributed by atoms with Gasteiger partial charge in [0.05, 0.1) is 0 Å². The van der Waals surface area contributed by atoms with Gasteiger partial charge in [-0.25, -0.2) is 0 Å². The molecule has 0 aliphatic rings. The van der Waals surface area contributed by atoms with Crippen molar-refractivity contribution in [3.8, 4) is 0 Å². The maximum absolute atomic E-state index is 12.7. The minimum atomic E-state index is -0.701. The molecule has 0 amide bonds. The SMILES string of the molecule is CCCCC/C=C\C/C=C\C/C=C\CCCCCCCCC(=O)OC(CCCCCCCCCCCC)CCCCCCCC(=O)O. The van der Waals surface area contributed by atoms with Crippen molar-refractivity contribution in [1.29, 1.82) is 0 Å². The second-order valence-corrected chi connectivity index (χ2v) is 13.8. The zero-order valence-electron chi connectivity index (χ0n) is 31.3. The van der Waals surface area contributed by atoms with Crippen molar-refractivity contribution in [2.75, 3.05) is 0 Å². The summed E-state index contributed by atoms with van der Waals surface area (Å²) in [5.74, 6) is -0.710. The number of carbonyl (C=O) groups is 2. The minimum Gasteiger partial charge on any atom is -0.481 e. The molecular formula is C43H78O4. The lowest BCUT2D eigenvalue weighted by molar-refractivity contribution is -0.150. The Morgan fingerprint density at radius 2 is 0.830 bits per heavy atom. The third-order valence-electron chi connectivity index (χ3n) is 9.11. The molecule has 0 saturated heterocycles. The maximum atomic E-state index is 12.7. The third kappa shape index (κ3) is 38.5. The smallest absolute Gasteiger partial charge is 0.306 e. The van der Waals surface area contributed by atoms with Gasteiger partial charge >= 0.3 is 11.9 Å². The van der Waals surface area contributed by atoms with Crippen LogP contribution in [-0.4, -0.2) is 23.1 Å². The van der Waals surface area contributed by atoms with Crippen molar-refractivity contribution in [2.45, 2.75) is 225 Å². The van der Waals surface area contributed by atoms with Crippen LogP contribution in [0.2, 0.25) is 0 Å². The first-order valence-electron chi connectivity index (χ1n) is 20.5. The number of rotatable bonds is 37. The van der Waals surface area contributed by atoms with Gasteiger partial charge in [-0.1, -0.05) is 166 Å². The fourth-order valence-electron chi connectivity index (χ4n) is 6.07. The summed E-state index contributed by atoms with van der Waals surface area (Å²) in [5, 5.41) is 8.81. The van der Waals surface area contributed by atoms with Crippen molar-refractivity contribution in [2.24, 2.45) is 0 Å². The molecule has 0 aromatic heterocycles. The number of allylic oxidation sites excluding steroid dienone is 6. The molecule has 4 heteroatoms. The van der Waals surface area contributed by atoms with Crippen LogP contribution in [0.15, 0.2) is 36.5 Å².